The van der Waals surface area contributed by atoms with Crippen molar-refractivity contribution in [1.82, 2.24) is 0 Å². The Morgan fingerprint density at radius 1 is 0.558 bits per heavy atom. The van der Waals surface area contributed by atoms with Gasteiger partial charge in [-0.2, -0.15) is 0 Å². The van der Waals surface area contributed by atoms with Crippen LogP contribution in [0.2, 0.25) is 0 Å². The van der Waals surface area contributed by atoms with Crippen molar-refractivity contribution in [2.45, 2.75) is 6.43 Å². The molecule has 0 saturated heterocycles. The van der Waals surface area contributed by atoms with E-state index in [1.54, 1.807) is 36.4 Å². The first-order chi connectivity index (χ1) is 20.6. The summed E-state index contributed by atoms with van der Waals surface area (Å²) in [6, 6.07) is 13.5. The van der Waals surface area contributed by atoms with Crippen LogP contribution in [0.25, 0.3) is 23.3 Å². The summed E-state index contributed by atoms with van der Waals surface area (Å²) in [5.74, 6) is -3.99. The van der Waals surface area contributed by atoms with Crippen molar-refractivity contribution in [2.75, 3.05) is 0 Å². The maximum absolute atomic E-state index is 13.9. The Morgan fingerprint density at radius 2 is 1.00 bits per heavy atom. The second-order valence-electron chi connectivity index (χ2n) is 8.35. The molecule has 43 heavy (non-hydrogen) atoms. The Labute approximate surface area is 245 Å². The van der Waals surface area contributed by atoms with Crippen molar-refractivity contribution >= 4 is 36.0 Å². The van der Waals surface area contributed by atoms with Gasteiger partial charge in [0.15, 0.2) is 23.0 Å². The Morgan fingerprint density at radius 3 is 1.49 bits per heavy atom. The third-order valence-electron chi connectivity index (χ3n) is 5.54. The minimum Gasteiger partial charge on any atom is -0.419 e. The maximum atomic E-state index is 13.9. The lowest BCUT2D eigenvalue weighted by Gasteiger charge is -2.13. The third-order valence-corrected chi connectivity index (χ3v) is 5.54. The Balaban J connectivity index is 1.95. The number of halogens is 2. The summed E-state index contributed by atoms with van der Waals surface area (Å²) in [7, 11) is 0. The predicted molar refractivity (Wildman–Crippen MR) is 156 cm³/mol. The average molecular weight is 587 g/mol. The van der Waals surface area contributed by atoms with Gasteiger partial charge in [-0.1, -0.05) is 68.8 Å². The molecule has 0 aromatic heterocycles. The number of ether oxygens (including phenoxy) is 4. The van der Waals surface area contributed by atoms with E-state index >= 15 is 0 Å². The summed E-state index contributed by atoms with van der Waals surface area (Å²) in [5, 5.41) is 0. The highest BCUT2D eigenvalue weighted by atomic mass is 19.3. The average Bonchev–Trinajstić information content (AvgIpc) is 3.01. The van der Waals surface area contributed by atoms with E-state index in [4.69, 9.17) is 18.9 Å². The van der Waals surface area contributed by atoms with Gasteiger partial charge in [0.1, 0.15) is 0 Å². The normalized spacial score (nSPS) is 10.5. The van der Waals surface area contributed by atoms with Crippen LogP contribution in [-0.4, -0.2) is 23.9 Å². The molecule has 0 aliphatic heterocycles. The zero-order valence-corrected chi connectivity index (χ0v) is 22.6. The zero-order valence-electron chi connectivity index (χ0n) is 22.6. The van der Waals surface area contributed by atoms with E-state index in [1.807, 2.05) is 0 Å². The Bertz CT molecular complexity index is 1640. The van der Waals surface area contributed by atoms with Crippen LogP contribution < -0.4 is 18.9 Å². The molecule has 0 amide bonds. The molecule has 0 unspecified atom stereocenters. The van der Waals surface area contributed by atoms with Crippen LogP contribution in [0.5, 0.6) is 23.0 Å². The smallest absolute Gasteiger partial charge is 0.335 e. The second kappa shape index (κ2) is 14.6. The van der Waals surface area contributed by atoms with Crippen molar-refractivity contribution in [1.29, 1.82) is 0 Å². The lowest BCUT2D eigenvalue weighted by atomic mass is 10.0. The molecule has 0 atom stereocenters. The van der Waals surface area contributed by atoms with E-state index in [2.05, 4.69) is 26.3 Å². The molecule has 0 aliphatic rings. The summed E-state index contributed by atoms with van der Waals surface area (Å²) in [5.41, 5.74) is 1.44. The quantitative estimate of drug-likeness (QED) is 0.0985. The minimum absolute atomic E-state index is 0.00153. The largest absolute Gasteiger partial charge is 0.419 e. The number of benzene rings is 3. The van der Waals surface area contributed by atoms with Crippen LogP contribution >= 0.6 is 0 Å². The molecular formula is C33H24F2O8. The monoisotopic (exact) mass is 586 g/mol. The molecule has 218 valence electrons. The number of alkyl halides is 2. The first kappa shape index (κ1) is 31.6. The summed E-state index contributed by atoms with van der Waals surface area (Å²) in [4.78, 5) is 46.9. The lowest BCUT2D eigenvalue weighted by molar-refractivity contribution is -0.131. The first-order valence-corrected chi connectivity index (χ1v) is 12.3. The molecule has 8 nitrogen and oxygen atoms in total. The minimum atomic E-state index is -2.95. The molecule has 3 rings (SSSR count). The molecule has 3 aromatic rings. The van der Waals surface area contributed by atoms with Crippen LogP contribution in [0.1, 0.15) is 23.1 Å². The number of carbonyl (C=O) groups is 4. The number of carbonyl (C=O) groups excluding carboxylic acids is 4. The first-order valence-electron chi connectivity index (χ1n) is 12.3. The summed E-state index contributed by atoms with van der Waals surface area (Å²) in [6.07, 6.45) is 3.60. The van der Waals surface area contributed by atoms with Crippen molar-refractivity contribution in [2.24, 2.45) is 0 Å². The number of esters is 4. The van der Waals surface area contributed by atoms with Gasteiger partial charge in [0.25, 0.3) is 6.43 Å². The fourth-order valence-corrected chi connectivity index (χ4v) is 3.51. The van der Waals surface area contributed by atoms with Gasteiger partial charge in [0, 0.05) is 29.9 Å². The van der Waals surface area contributed by atoms with Crippen LogP contribution in [0.3, 0.4) is 0 Å². The van der Waals surface area contributed by atoms with Crippen molar-refractivity contribution < 1.29 is 46.9 Å². The zero-order chi connectivity index (χ0) is 31.5. The second-order valence-corrected chi connectivity index (χ2v) is 8.35. The van der Waals surface area contributed by atoms with Crippen LogP contribution in [0, 0.1) is 0 Å². The standard InChI is InChI=1S/C33H24F2O8/c1-5-29(36)40-25-16-15-22(17-26(25)41-30(37)6-2)21-12-9-20(10-13-21)11-14-23-18-27(42-31(38)7-3)28(43-32(39)8-4)19-24(23)33(34)35/h5-19,33H,1-4H2/b14-11+. The van der Waals surface area contributed by atoms with E-state index in [9.17, 15) is 28.0 Å². The molecule has 0 bridgehead atoms. The van der Waals surface area contributed by atoms with E-state index in [0.29, 0.717) is 16.7 Å². The summed E-state index contributed by atoms with van der Waals surface area (Å²) in [6.45, 7) is 13.2. The predicted octanol–water partition coefficient (Wildman–Crippen LogP) is 6.83. The molecule has 0 heterocycles. The summed E-state index contributed by atoms with van der Waals surface area (Å²) < 4.78 is 48.3. The molecule has 3 aromatic carbocycles. The molecule has 0 spiro atoms. The van der Waals surface area contributed by atoms with Gasteiger partial charge in [0.05, 0.1) is 0 Å². The maximum Gasteiger partial charge on any atom is 0.335 e. The Kier molecular flexibility index (Phi) is 10.8. The molecule has 0 saturated carbocycles. The summed E-state index contributed by atoms with van der Waals surface area (Å²) >= 11 is 0. The number of hydrogen-bond acceptors (Lipinski definition) is 8. The van der Waals surface area contributed by atoms with Gasteiger partial charge in [-0.05, 0) is 46.5 Å². The highest BCUT2D eigenvalue weighted by molar-refractivity contribution is 5.88. The molecule has 0 N–H and O–H groups in total. The van der Waals surface area contributed by atoms with Crippen LogP contribution in [0.4, 0.5) is 8.78 Å². The highest BCUT2D eigenvalue weighted by Gasteiger charge is 2.20. The van der Waals surface area contributed by atoms with Crippen molar-refractivity contribution in [3.8, 4) is 34.1 Å². The molecule has 0 fully saturated rings. The topological polar surface area (TPSA) is 105 Å². The third kappa shape index (κ3) is 8.54. The van der Waals surface area contributed by atoms with E-state index in [0.717, 1.165) is 36.4 Å². The van der Waals surface area contributed by atoms with E-state index < -0.39 is 35.9 Å². The van der Waals surface area contributed by atoms with Gasteiger partial charge in [-0.25, -0.2) is 28.0 Å². The van der Waals surface area contributed by atoms with Crippen LogP contribution in [0.15, 0.2) is 105 Å². The fourth-order valence-electron chi connectivity index (χ4n) is 3.51. The van der Waals surface area contributed by atoms with Crippen molar-refractivity contribution in [3.05, 3.63) is 122 Å². The fraction of sp³-hybridized carbons (Fsp3) is 0.0303. The van der Waals surface area contributed by atoms with E-state index in [1.165, 1.54) is 18.2 Å². The van der Waals surface area contributed by atoms with Crippen LogP contribution in [-0.2, 0) is 19.2 Å². The number of rotatable bonds is 12. The van der Waals surface area contributed by atoms with Gasteiger partial charge in [0.2, 0.25) is 0 Å². The highest BCUT2D eigenvalue weighted by Crippen LogP contribution is 2.37. The number of hydrogen-bond donors (Lipinski definition) is 0. The molecule has 0 aliphatic carbocycles. The SMILES string of the molecule is C=CC(=O)Oc1ccc(-c2ccc(/C=C/c3cc(OC(=O)C=C)c(OC(=O)C=C)cc3C(F)F)cc2)cc1OC(=O)C=C. The van der Waals surface area contributed by atoms with Gasteiger partial charge in [-0.3, -0.25) is 0 Å². The Hall–Kier alpha value is -5.90. The van der Waals surface area contributed by atoms with Gasteiger partial charge in [-0.15, -0.1) is 0 Å². The molecular weight excluding hydrogens is 562 g/mol. The molecule has 0 radical (unpaired) electrons. The van der Waals surface area contributed by atoms with Gasteiger partial charge < -0.3 is 18.9 Å². The van der Waals surface area contributed by atoms with Gasteiger partial charge >= 0.3 is 23.9 Å². The van der Waals surface area contributed by atoms with Crippen molar-refractivity contribution in [3.63, 3.8) is 0 Å². The molecule has 10 heteroatoms. The van der Waals surface area contributed by atoms with E-state index in [-0.39, 0.29) is 28.6 Å². The lowest BCUT2D eigenvalue weighted by Crippen LogP contribution is -2.09.